The molecule has 6 heteroatoms. The highest BCUT2D eigenvalue weighted by Crippen LogP contribution is 2.33. The average molecular weight is 391 g/mol. The van der Waals surface area contributed by atoms with Gasteiger partial charge >= 0.3 is 0 Å². The minimum atomic E-state index is 0.370. The molecular formula is C19H16Cl2N2OS. The van der Waals surface area contributed by atoms with Crippen LogP contribution in [0.15, 0.2) is 59.1 Å². The minimum absolute atomic E-state index is 0.370. The van der Waals surface area contributed by atoms with Crippen molar-refractivity contribution in [3.63, 3.8) is 0 Å². The van der Waals surface area contributed by atoms with Gasteiger partial charge in [0.2, 0.25) is 0 Å². The van der Waals surface area contributed by atoms with Crippen LogP contribution < -0.4 is 4.90 Å². The van der Waals surface area contributed by atoms with E-state index in [1.54, 1.807) is 6.07 Å². The summed E-state index contributed by atoms with van der Waals surface area (Å²) in [6.45, 7) is 2.07. The molecule has 0 atom stereocenters. The fraction of sp³-hybridized carbons (Fsp3) is 0.105. The summed E-state index contributed by atoms with van der Waals surface area (Å²) in [6.07, 6.45) is 0. The highest BCUT2D eigenvalue weighted by molar-refractivity contribution is 7.13. The number of thiophene rings is 1. The van der Waals surface area contributed by atoms with E-state index in [-0.39, 0.29) is 0 Å². The monoisotopic (exact) mass is 390 g/mol. The van der Waals surface area contributed by atoms with Gasteiger partial charge in [-0.2, -0.15) is 0 Å². The molecule has 1 N–H and O–H groups in total. The molecule has 2 aromatic carbocycles. The Balaban J connectivity index is 1.99. The number of para-hydroxylation sites is 1. The van der Waals surface area contributed by atoms with E-state index in [0.717, 1.165) is 11.4 Å². The van der Waals surface area contributed by atoms with Crippen LogP contribution in [0.3, 0.4) is 0 Å². The second-order valence-corrected chi connectivity index (χ2v) is 7.29. The predicted octanol–water partition coefficient (Wildman–Crippen LogP) is 6.36. The Morgan fingerprint density at radius 3 is 2.44 bits per heavy atom. The molecule has 0 unspecified atom stereocenters. The normalized spacial score (nSPS) is 11.6. The Kier molecular flexibility index (Phi) is 5.33. The lowest BCUT2D eigenvalue weighted by atomic mass is 10.1. The van der Waals surface area contributed by atoms with Crippen LogP contribution in [0.4, 0.5) is 11.4 Å². The highest BCUT2D eigenvalue weighted by Gasteiger charge is 2.17. The van der Waals surface area contributed by atoms with Crippen molar-refractivity contribution in [2.45, 2.75) is 6.92 Å². The van der Waals surface area contributed by atoms with Gasteiger partial charge in [-0.3, -0.25) is 0 Å². The zero-order valence-corrected chi connectivity index (χ0v) is 16.0. The van der Waals surface area contributed by atoms with Crippen LogP contribution in [-0.2, 0) is 0 Å². The van der Waals surface area contributed by atoms with E-state index in [4.69, 9.17) is 23.2 Å². The molecule has 3 rings (SSSR count). The number of nitrogens with zero attached hydrogens (tertiary/aromatic N) is 2. The van der Waals surface area contributed by atoms with E-state index < -0.39 is 0 Å². The van der Waals surface area contributed by atoms with Crippen LogP contribution in [0, 0.1) is 6.92 Å². The summed E-state index contributed by atoms with van der Waals surface area (Å²) in [5, 5.41) is 15.8. The predicted molar refractivity (Wildman–Crippen MR) is 107 cm³/mol. The SMILES string of the molecule is Cc1ccccc1N(C)c1ccc(C(=NO)c2sccc2Cl)c(Cl)c1. The average Bonchev–Trinajstić information content (AvgIpc) is 3.03. The second kappa shape index (κ2) is 7.48. The van der Waals surface area contributed by atoms with Crippen molar-refractivity contribution >= 4 is 51.6 Å². The Morgan fingerprint density at radius 2 is 1.84 bits per heavy atom. The molecular weight excluding hydrogens is 375 g/mol. The standard InChI is InChI=1S/C19H16Cl2N2OS/c1-12-5-3-4-6-17(12)23(2)13-7-8-14(16(21)11-13)18(22-24)19-15(20)9-10-25-19/h3-11,24H,1-2H3. The summed E-state index contributed by atoms with van der Waals surface area (Å²) in [5.41, 5.74) is 4.22. The lowest BCUT2D eigenvalue weighted by Gasteiger charge is -2.22. The summed E-state index contributed by atoms with van der Waals surface area (Å²) < 4.78 is 0. The van der Waals surface area contributed by atoms with E-state index in [9.17, 15) is 5.21 Å². The van der Waals surface area contributed by atoms with Gasteiger partial charge in [-0.15, -0.1) is 11.3 Å². The Hall–Kier alpha value is -2.01. The molecule has 0 bridgehead atoms. The molecule has 0 saturated heterocycles. The number of rotatable bonds is 4. The van der Waals surface area contributed by atoms with Crippen molar-refractivity contribution in [2.24, 2.45) is 5.16 Å². The largest absolute Gasteiger partial charge is 0.410 e. The van der Waals surface area contributed by atoms with Gasteiger partial charge in [-0.25, -0.2) is 0 Å². The smallest absolute Gasteiger partial charge is 0.130 e. The quantitative estimate of drug-likeness (QED) is 0.319. The first-order valence-electron chi connectivity index (χ1n) is 7.57. The van der Waals surface area contributed by atoms with Gasteiger partial charge in [0, 0.05) is 24.0 Å². The first kappa shape index (κ1) is 17.8. The summed E-state index contributed by atoms with van der Waals surface area (Å²) in [7, 11) is 1.99. The number of hydrogen-bond acceptors (Lipinski definition) is 4. The van der Waals surface area contributed by atoms with Gasteiger partial charge in [0.25, 0.3) is 0 Å². The molecule has 128 valence electrons. The number of oxime groups is 1. The molecule has 0 saturated carbocycles. The maximum absolute atomic E-state index is 9.46. The van der Waals surface area contributed by atoms with Crippen LogP contribution in [-0.4, -0.2) is 18.0 Å². The van der Waals surface area contributed by atoms with E-state index >= 15 is 0 Å². The van der Waals surface area contributed by atoms with Crippen molar-refractivity contribution in [1.82, 2.24) is 0 Å². The van der Waals surface area contributed by atoms with E-state index in [0.29, 0.717) is 26.2 Å². The molecule has 3 aromatic rings. The fourth-order valence-corrected chi connectivity index (χ4v) is 4.08. The van der Waals surface area contributed by atoms with Crippen molar-refractivity contribution < 1.29 is 5.21 Å². The van der Waals surface area contributed by atoms with Gasteiger partial charge in [0.1, 0.15) is 5.71 Å². The summed E-state index contributed by atoms with van der Waals surface area (Å²) in [5.74, 6) is 0. The lowest BCUT2D eigenvalue weighted by molar-refractivity contribution is 0.320. The van der Waals surface area contributed by atoms with Crippen LogP contribution in [0.1, 0.15) is 16.0 Å². The number of halogens is 2. The van der Waals surface area contributed by atoms with Gasteiger partial charge in [0.15, 0.2) is 0 Å². The minimum Gasteiger partial charge on any atom is -0.410 e. The molecule has 0 fully saturated rings. The Labute approximate surface area is 160 Å². The molecule has 0 amide bonds. The third kappa shape index (κ3) is 3.52. The van der Waals surface area contributed by atoms with Gasteiger partial charge in [-0.1, -0.05) is 46.6 Å². The summed E-state index contributed by atoms with van der Waals surface area (Å²) in [6, 6.07) is 15.6. The van der Waals surface area contributed by atoms with Crippen LogP contribution in [0.5, 0.6) is 0 Å². The number of benzene rings is 2. The molecule has 1 heterocycles. The zero-order valence-electron chi connectivity index (χ0n) is 13.7. The summed E-state index contributed by atoms with van der Waals surface area (Å²) >= 11 is 14.1. The molecule has 0 spiro atoms. The third-order valence-corrected chi connectivity index (χ3v) is 5.67. The molecule has 0 radical (unpaired) electrons. The number of anilines is 2. The zero-order chi connectivity index (χ0) is 18.0. The highest BCUT2D eigenvalue weighted by atomic mass is 35.5. The molecule has 0 aliphatic carbocycles. The second-order valence-electron chi connectivity index (χ2n) is 5.56. The van der Waals surface area contributed by atoms with E-state index in [1.807, 2.05) is 42.8 Å². The Morgan fingerprint density at radius 1 is 1.08 bits per heavy atom. The summed E-state index contributed by atoms with van der Waals surface area (Å²) in [4.78, 5) is 2.75. The molecule has 0 aliphatic rings. The van der Waals surface area contributed by atoms with Gasteiger partial charge in [0.05, 0.1) is 14.9 Å². The molecule has 25 heavy (non-hydrogen) atoms. The van der Waals surface area contributed by atoms with Crippen molar-refractivity contribution in [3.8, 4) is 0 Å². The van der Waals surface area contributed by atoms with E-state index in [2.05, 4.69) is 29.1 Å². The van der Waals surface area contributed by atoms with Crippen molar-refractivity contribution in [1.29, 1.82) is 0 Å². The molecule has 0 aliphatic heterocycles. The van der Waals surface area contributed by atoms with Gasteiger partial charge < -0.3 is 10.1 Å². The Bertz CT molecular complexity index is 937. The van der Waals surface area contributed by atoms with Crippen LogP contribution in [0.2, 0.25) is 10.0 Å². The fourth-order valence-electron chi connectivity index (χ4n) is 2.67. The maximum Gasteiger partial charge on any atom is 0.130 e. The first-order valence-corrected chi connectivity index (χ1v) is 9.21. The first-order chi connectivity index (χ1) is 12.0. The number of aryl methyl sites for hydroxylation is 1. The lowest BCUT2D eigenvalue weighted by Crippen LogP contribution is -2.11. The van der Waals surface area contributed by atoms with Crippen molar-refractivity contribution in [2.75, 3.05) is 11.9 Å². The van der Waals surface area contributed by atoms with Crippen LogP contribution in [0.25, 0.3) is 0 Å². The third-order valence-electron chi connectivity index (χ3n) is 4.00. The maximum atomic E-state index is 9.46. The van der Waals surface area contributed by atoms with Crippen molar-refractivity contribution in [3.05, 3.63) is 80.0 Å². The van der Waals surface area contributed by atoms with Gasteiger partial charge in [-0.05, 0) is 48.2 Å². The molecule has 3 nitrogen and oxygen atoms in total. The molecule has 1 aromatic heterocycles. The van der Waals surface area contributed by atoms with E-state index in [1.165, 1.54) is 16.9 Å². The topological polar surface area (TPSA) is 35.8 Å². The number of hydrogen-bond donors (Lipinski definition) is 1. The van der Waals surface area contributed by atoms with Crippen LogP contribution >= 0.6 is 34.5 Å².